The molecule has 1 aliphatic rings. The van der Waals surface area contributed by atoms with E-state index in [9.17, 15) is 13.2 Å². The number of rotatable bonds is 3. The van der Waals surface area contributed by atoms with E-state index in [2.05, 4.69) is 20.7 Å². The summed E-state index contributed by atoms with van der Waals surface area (Å²) < 4.78 is 40.7. The Hall–Kier alpha value is -1.97. The van der Waals surface area contributed by atoms with Crippen LogP contribution in [0.25, 0.3) is 0 Å². The molecule has 0 bridgehead atoms. The molecule has 7 nitrogen and oxygen atoms in total. The van der Waals surface area contributed by atoms with Crippen LogP contribution in [0.5, 0.6) is 11.5 Å². The van der Waals surface area contributed by atoms with E-state index in [1.54, 1.807) is 12.1 Å². The van der Waals surface area contributed by atoms with E-state index in [-0.39, 0.29) is 26.3 Å². The second-order valence-corrected chi connectivity index (χ2v) is 7.84. The molecule has 0 radical (unpaired) electrons. The van der Waals surface area contributed by atoms with Gasteiger partial charge in [-0.2, -0.15) is 0 Å². The Bertz CT molecular complexity index is 911. The number of halogens is 2. The molecule has 126 valence electrons. The van der Waals surface area contributed by atoms with Crippen LogP contribution >= 0.6 is 27.5 Å². The molecule has 0 saturated heterocycles. The molecule has 24 heavy (non-hydrogen) atoms. The van der Waals surface area contributed by atoms with Gasteiger partial charge in [0.25, 0.3) is 0 Å². The Labute approximate surface area is 149 Å². The predicted molar refractivity (Wildman–Crippen MR) is 85.2 cm³/mol. The topological polar surface area (TPSA) is 99.1 Å². The molecule has 0 spiro atoms. The Kier molecular flexibility index (Phi) is 4.33. The van der Waals surface area contributed by atoms with Gasteiger partial charge in [0.15, 0.2) is 11.5 Å². The van der Waals surface area contributed by atoms with Crippen molar-refractivity contribution < 1.29 is 32.5 Å². The lowest BCUT2D eigenvalue weighted by atomic mass is 10.3. The van der Waals surface area contributed by atoms with Gasteiger partial charge in [-0.3, -0.25) is 0 Å². The zero-order chi connectivity index (χ0) is 17.5. The highest BCUT2D eigenvalue weighted by molar-refractivity contribution is 9.10. The maximum atomic E-state index is 12.7. The lowest BCUT2D eigenvalue weighted by Crippen LogP contribution is -2.24. The molecule has 0 saturated carbocycles. The number of ether oxygens (including phenoxy) is 3. The second-order valence-electron chi connectivity index (χ2n) is 4.59. The third kappa shape index (κ3) is 3.14. The summed E-state index contributed by atoms with van der Waals surface area (Å²) in [6, 6.07) is 8.43. The van der Waals surface area contributed by atoms with Gasteiger partial charge < -0.3 is 19.3 Å². The van der Waals surface area contributed by atoms with Gasteiger partial charge in [-0.1, -0.05) is 27.5 Å². The van der Waals surface area contributed by atoms with E-state index in [4.69, 9.17) is 26.2 Å². The van der Waals surface area contributed by atoms with Crippen molar-refractivity contribution >= 4 is 43.5 Å². The van der Waals surface area contributed by atoms with E-state index >= 15 is 0 Å². The Morgan fingerprint density at radius 2 is 1.75 bits per heavy atom. The number of benzene rings is 2. The number of sulfone groups is 1. The van der Waals surface area contributed by atoms with Gasteiger partial charge in [-0.15, -0.1) is 0 Å². The fourth-order valence-electron chi connectivity index (χ4n) is 2.01. The zero-order valence-corrected chi connectivity index (χ0v) is 14.8. The van der Waals surface area contributed by atoms with Crippen LogP contribution in [0, 0.1) is 0 Å². The minimum absolute atomic E-state index is 0.0151. The first-order chi connectivity index (χ1) is 11.3. The van der Waals surface area contributed by atoms with Crippen LogP contribution in [0.15, 0.2) is 50.7 Å². The van der Waals surface area contributed by atoms with Crippen molar-refractivity contribution in [3.63, 3.8) is 0 Å². The molecule has 0 fully saturated rings. The van der Waals surface area contributed by atoms with Gasteiger partial charge in [-0.25, -0.2) is 13.2 Å². The van der Waals surface area contributed by atoms with Crippen LogP contribution in [0.2, 0.25) is 5.02 Å². The van der Waals surface area contributed by atoms with Gasteiger partial charge in [0.05, 0.1) is 14.8 Å². The average molecular weight is 436 g/mol. The monoisotopic (exact) mass is 434 g/mol. The molecule has 3 rings (SSSR count). The molecule has 0 aromatic heterocycles. The smallest absolute Gasteiger partial charge is 0.450 e. The number of hydrogen-bond acceptors (Lipinski definition) is 6. The molecule has 1 aliphatic heterocycles. The highest BCUT2D eigenvalue weighted by Gasteiger charge is 2.31. The first-order valence-electron chi connectivity index (χ1n) is 6.34. The van der Waals surface area contributed by atoms with E-state index < -0.39 is 22.5 Å². The quantitative estimate of drug-likeness (QED) is 0.734. The van der Waals surface area contributed by atoms with Crippen molar-refractivity contribution in [2.45, 2.75) is 16.3 Å². The molecule has 10 heteroatoms. The normalized spacial score (nSPS) is 16.0. The van der Waals surface area contributed by atoms with Crippen LogP contribution < -0.4 is 9.47 Å². The van der Waals surface area contributed by atoms with Gasteiger partial charge in [-0.05, 0) is 24.3 Å². The van der Waals surface area contributed by atoms with Crippen LogP contribution in [0.4, 0.5) is 4.79 Å². The summed E-state index contributed by atoms with van der Waals surface area (Å²) in [5.74, 6) is 0.0994. The summed E-state index contributed by atoms with van der Waals surface area (Å²) in [6.07, 6.45) is -1.60. The first-order valence-corrected chi connectivity index (χ1v) is 9.00. The second kappa shape index (κ2) is 6.15. The minimum Gasteiger partial charge on any atom is -0.450 e. The molecule has 1 atom stereocenters. The third-order valence-corrected chi connectivity index (χ3v) is 5.82. The van der Waals surface area contributed by atoms with E-state index in [1.807, 2.05) is 0 Å². The molecule has 2 aromatic rings. The predicted octanol–water partition coefficient (Wildman–Crippen LogP) is 3.68. The standard InChI is InChI=1S/C14H8BrClO7S/c15-7-1-3-8(4-2-7)24(19,20)12-6-11-10(5-9(12)16)21-14(22-11)23-13(17)18/h1-6,14H,(H,17,18). The maximum Gasteiger partial charge on any atom is 0.511 e. The molecule has 0 amide bonds. The molecule has 1 heterocycles. The summed E-state index contributed by atoms with van der Waals surface area (Å²) in [7, 11) is -3.89. The lowest BCUT2D eigenvalue weighted by Gasteiger charge is -2.08. The van der Waals surface area contributed by atoms with Crippen molar-refractivity contribution in [2.75, 3.05) is 0 Å². The highest BCUT2D eigenvalue weighted by Crippen LogP contribution is 2.42. The molecule has 1 unspecified atom stereocenters. The summed E-state index contributed by atoms with van der Waals surface area (Å²) in [6.45, 7) is -1.51. The fraction of sp³-hybridized carbons (Fsp3) is 0.0714. The molecule has 1 N–H and O–H groups in total. The zero-order valence-electron chi connectivity index (χ0n) is 11.6. The first kappa shape index (κ1) is 16.9. The number of carbonyl (C=O) groups is 1. The summed E-state index contributed by atoms with van der Waals surface area (Å²) >= 11 is 9.28. The van der Waals surface area contributed by atoms with Crippen LogP contribution in [0.1, 0.15) is 0 Å². The van der Waals surface area contributed by atoms with Crippen molar-refractivity contribution in [3.05, 3.63) is 45.9 Å². The highest BCUT2D eigenvalue weighted by atomic mass is 79.9. The van der Waals surface area contributed by atoms with E-state index in [0.29, 0.717) is 0 Å². The average Bonchev–Trinajstić information content (AvgIpc) is 2.86. The van der Waals surface area contributed by atoms with Gasteiger partial charge in [0, 0.05) is 16.6 Å². The Balaban J connectivity index is 1.99. The van der Waals surface area contributed by atoms with E-state index in [1.165, 1.54) is 24.3 Å². The summed E-state index contributed by atoms with van der Waals surface area (Å²) in [5.41, 5.74) is 0. The van der Waals surface area contributed by atoms with Crippen molar-refractivity contribution in [1.82, 2.24) is 0 Å². The number of fused-ring (bicyclic) bond motifs is 1. The van der Waals surface area contributed by atoms with Crippen molar-refractivity contribution in [3.8, 4) is 11.5 Å². The molecular weight excluding hydrogens is 428 g/mol. The third-order valence-electron chi connectivity index (χ3n) is 3.06. The summed E-state index contributed by atoms with van der Waals surface area (Å²) in [4.78, 5) is 10.4. The molecule has 2 aromatic carbocycles. The van der Waals surface area contributed by atoms with Crippen LogP contribution in [-0.2, 0) is 14.6 Å². The summed E-state index contributed by atoms with van der Waals surface area (Å²) in [5, 5.41) is 8.47. The largest absolute Gasteiger partial charge is 0.511 e. The van der Waals surface area contributed by atoms with E-state index in [0.717, 1.165) is 4.47 Å². The van der Waals surface area contributed by atoms with Crippen molar-refractivity contribution in [1.29, 1.82) is 0 Å². The maximum absolute atomic E-state index is 12.7. The lowest BCUT2D eigenvalue weighted by molar-refractivity contribution is -0.147. The van der Waals surface area contributed by atoms with Gasteiger partial charge >= 0.3 is 12.6 Å². The van der Waals surface area contributed by atoms with Crippen molar-refractivity contribution in [2.24, 2.45) is 0 Å². The van der Waals surface area contributed by atoms with Gasteiger partial charge in [0.2, 0.25) is 9.84 Å². The fourth-order valence-corrected chi connectivity index (χ4v) is 4.06. The Morgan fingerprint density at radius 3 is 2.33 bits per heavy atom. The number of carboxylic acid groups (broad SMARTS) is 1. The van der Waals surface area contributed by atoms with Crippen LogP contribution in [-0.4, -0.2) is 26.2 Å². The minimum atomic E-state index is -3.89. The Morgan fingerprint density at radius 1 is 1.17 bits per heavy atom. The SMILES string of the molecule is O=C(O)OC1Oc2cc(Cl)c(S(=O)(=O)c3ccc(Br)cc3)cc2O1. The van der Waals surface area contributed by atoms with Gasteiger partial charge in [0.1, 0.15) is 0 Å². The number of hydrogen-bond donors (Lipinski definition) is 1. The molecule has 0 aliphatic carbocycles. The molecular formula is C14H8BrClO7S. The van der Waals surface area contributed by atoms with Crippen LogP contribution in [0.3, 0.4) is 0 Å².